The van der Waals surface area contributed by atoms with Crippen LogP contribution in [0, 0.1) is 5.92 Å². The molecule has 0 radical (unpaired) electrons. The zero-order valence-corrected chi connectivity index (χ0v) is 14.3. The van der Waals surface area contributed by atoms with Gasteiger partial charge in [0.05, 0.1) is 5.92 Å². The average Bonchev–Trinajstić information content (AvgIpc) is 2.98. The molecule has 0 aromatic heterocycles. The van der Waals surface area contributed by atoms with Crippen molar-refractivity contribution in [2.75, 3.05) is 11.4 Å². The Morgan fingerprint density at radius 3 is 2.67 bits per heavy atom. The Bertz CT molecular complexity index is 765. The van der Waals surface area contributed by atoms with Gasteiger partial charge in [-0.25, -0.2) is 0 Å². The van der Waals surface area contributed by atoms with Crippen molar-refractivity contribution in [2.45, 2.75) is 13.0 Å². The van der Waals surface area contributed by atoms with Crippen molar-refractivity contribution in [3.8, 4) is 0 Å². The highest BCUT2D eigenvalue weighted by Crippen LogP contribution is 2.25. The molecule has 0 spiro atoms. The molecule has 1 aliphatic heterocycles. The molecule has 24 heavy (non-hydrogen) atoms. The quantitative estimate of drug-likeness (QED) is 0.901. The van der Waals surface area contributed by atoms with E-state index >= 15 is 0 Å². The van der Waals surface area contributed by atoms with Crippen LogP contribution in [0.4, 0.5) is 5.69 Å². The van der Waals surface area contributed by atoms with E-state index in [0.717, 1.165) is 11.3 Å². The number of amides is 2. The first-order valence-corrected chi connectivity index (χ1v) is 8.37. The van der Waals surface area contributed by atoms with Crippen molar-refractivity contribution in [1.29, 1.82) is 0 Å². The number of halogens is 2. The summed E-state index contributed by atoms with van der Waals surface area (Å²) in [5.41, 5.74) is 1.57. The van der Waals surface area contributed by atoms with E-state index in [2.05, 4.69) is 5.32 Å². The third kappa shape index (κ3) is 3.71. The molecule has 2 aromatic rings. The topological polar surface area (TPSA) is 49.4 Å². The van der Waals surface area contributed by atoms with Gasteiger partial charge >= 0.3 is 0 Å². The first kappa shape index (κ1) is 16.8. The minimum atomic E-state index is -0.365. The summed E-state index contributed by atoms with van der Waals surface area (Å²) in [6.45, 7) is 0.673. The second-order valence-corrected chi connectivity index (χ2v) is 6.54. The molecule has 4 nitrogen and oxygen atoms in total. The van der Waals surface area contributed by atoms with E-state index in [1.807, 2.05) is 30.3 Å². The Hall–Kier alpha value is -2.04. The number of carbonyl (C=O) groups excluding carboxylic acids is 2. The van der Waals surface area contributed by atoms with E-state index in [1.54, 1.807) is 23.1 Å². The van der Waals surface area contributed by atoms with Crippen LogP contribution < -0.4 is 10.2 Å². The minimum absolute atomic E-state index is 0.0397. The Labute approximate surface area is 150 Å². The number of benzene rings is 2. The Kier molecular flexibility index (Phi) is 5.07. The predicted octanol–water partition coefficient (Wildman–Crippen LogP) is 3.66. The SMILES string of the molecule is O=C(NCc1cc(Cl)ccc1Cl)C1CC(=O)N(c2ccccc2)C1. The second-order valence-electron chi connectivity index (χ2n) is 5.69. The number of nitrogens with one attached hydrogen (secondary N) is 1. The van der Waals surface area contributed by atoms with Gasteiger partial charge in [0.1, 0.15) is 0 Å². The molecule has 6 heteroatoms. The summed E-state index contributed by atoms with van der Waals surface area (Å²) in [4.78, 5) is 26.2. The number of hydrogen-bond donors (Lipinski definition) is 1. The standard InChI is InChI=1S/C18H16Cl2N2O2/c19-14-6-7-16(20)12(8-14)10-21-18(24)13-9-17(23)22(11-13)15-4-2-1-3-5-15/h1-8,13H,9-11H2,(H,21,24). The van der Waals surface area contributed by atoms with Crippen LogP contribution in [0.25, 0.3) is 0 Å². The van der Waals surface area contributed by atoms with Gasteiger partial charge in [-0.2, -0.15) is 0 Å². The maximum absolute atomic E-state index is 12.4. The highest BCUT2D eigenvalue weighted by Gasteiger charge is 2.34. The lowest BCUT2D eigenvalue weighted by Gasteiger charge is -2.16. The number of carbonyl (C=O) groups is 2. The van der Waals surface area contributed by atoms with Gasteiger partial charge in [0.2, 0.25) is 11.8 Å². The summed E-state index contributed by atoms with van der Waals surface area (Å²) < 4.78 is 0. The van der Waals surface area contributed by atoms with Crippen molar-refractivity contribution in [3.63, 3.8) is 0 Å². The molecule has 1 atom stereocenters. The van der Waals surface area contributed by atoms with Crippen molar-refractivity contribution in [2.24, 2.45) is 5.92 Å². The molecule has 1 aliphatic rings. The van der Waals surface area contributed by atoms with Crippen LogP contribution in [-0.2, 0) is 16.1 Å². The number of anilines is 1. The monoisotopic (exact) mass is 362 g/mol. The first-order valence-electron chi connectivity index (χ1n) is 7.61. The predicted molar refractivity (Wildman–Crippen MR) is 95.2 cm³/mol. The van der Waals surface area contributed by atoms with E-state index in [0.29, 0.717) is 16.6 Å². The Morgan fingerprint density at radius 2 is 1.92 bits per heavy atom. The van der Waals surface area contributed by atoms with Gasteiger partial charge in [-0.3, -0.25) is 9.59 Å². The molecule has 1 saturated heterocycles. The van der Waals surface area contributed by atoms with Crippen LogP contribution in [-0.4, -0.2) is 18.4 Å². The molecule has 1 unspecified atom stereocenters. The molecule has 2 aromatic carbocycles. The average molecular weight is 363 g/mol. The number of nitrogens with zero attached hydrogens (tertiary/aromatic N) is 1. The third-order valence-corrected chi connectivity index (χ3v) is 4.63. The minimum Gasteiger partial charge on any atom is -0.352 e. The number of para-hydroxylation sites is 1. The summed E-state index contributed by atoms with van der Waals surface area (Å²) in [7, 11) is 0. The lowest BCUT2D eigenvalue weighted by atomic mass is 10.1. The summed E-state index contributed by atoms with van der Waals surface area (Å²) in [5, 5.41) is 3.95. The van der Waals surface area contributed by atoms with E-state index < -0.39 is 0 Å². The summed E-state index contributed by atoms with van der Waals surface area (Å²) >= 11 is 12.0. The molecular weight excluding hydrogens is 347 g/mol. The van der Waals surface area contributed by atoms with Gasteiger partial charge in [0.15, 0.2) is 0 Å². The van der Waals surface area contributed by atoms with E-state index in [4.69, 9.17) is 23.2 Å². The molecule has 1 N–H and O–H groups in total. The van der Waals surface area contributed by atoms with Gasteiger partial charge in [0, 0.05) is 35.2 Å². The number of hydrogen-bond acceptors (Lipinski definition) is 2. The molecule has 3 rings (SSSR count). The zero-order valence-electron chi connectivity index (χ0n) is 12.8. The second kappa shape index (κ2) is 7.24. The maximum Gasteiger partial charge on any atom is 0.227 e. The van der Waals surface area contributed by atoms with E-state index in [1.165, 1.54) is 0 Å². The van der Waals surface area contributed by atoms with Crippen molar-refractivity contribution in [1.82, 2.24) is 5.32 Å². The lowest BCUT2D eigenvalue weighted by Crippen LogP contribution is -2.32. The zero-order chi connectivity index (χ0) is 17.1. The van der Waals surface area contributed by atoms with Crippen LogP contribution in [0.1, 0.15) is 12.0 Å². The molecule has 0 saturated carbocycles. The largest absolute Gasteiger partial charge is 0.352 e. The number of rotatable bonds is 4. The van der Waals surface area contributed by atoms with Gasteiger partial charge in [-0.05, 0) is 35.9 Å². The summed E-state index contributed by atoms with van der Waals surface area (Å²) in [6.07, 6.45) is 0.212. The molecule has 124 valence electrons. The molecule has 1 fully saturated rings. The fourth-order valence-corrected chi connectivity index (χ4v) is 3.13. The van der Waals surface area contributed by atoms with Crippen LogP contribution >= 0.6 is 23.2 Å². The van der Waals surface area contributed by atoms with Crippen LogP contribution in [0.15, 0.2) is 48.5 Å². The third-order valence-electron chi connectivity index (χ3n) is 4.02. The van der Waals surface area contributed by atoms with E-state index in [9.17, 15) is 9.59 Å². The van der Waals surface area contributed by atoms with Crippen molar-refractivity contribution < 1.29 is 9.59 Å². The van der Waals surface area contributed by atoms with Gasteiger partial charge in [0.25, 0.3) is 0 Å². The molecular formula is C18H16Cl2N2O2. The first-order chi connectivity index (χ1) is 11.5. The Morgan fingerprint density at radius 1 is 1.17 bits per heavy atom. The lowest BCUT2D eigenvalue weighted by molar-refractivity contribution is -0.126. The van der Waals surface area contributed by atoms with Gasteiger partial charge in [-0.15, -0.1) is 0 Å². The highest BCUT2D eigenvalue weighted by atomic mass is 35.5. The summed E-state index contributed by atoms with van der Waals surface area (Å²) in [6, 6.07) is 14.5. The summed E-state index contributed by atoms with van der Waals surface area (Å²) in [5.74, 6) is -0.560. The van der Waals surface area contributed by atoms with E-state index in [-0.39, 0.29) is 30.7 Å². The normalized spacial score (nSPS) is 17.2. The smallest absolute Gasteiger partial charge is 0.227 e. The maximum atomic E-state index is 12.4. The van der Waals surface area contributed by atoms with Crippen LogP contribution in [0.3, 0.4) is 0 Å². The highest BCUT2D eigenvalue weighted by molar-refractivity contribution is 6.33. The molecule has 1 heterocycles. The molecule has 2 amide bonds. The van der Waals surface area contributed by atoms with Crippen molar-refractivity contribution in [3.05, 3.63) is 64.1 Å². The van der Waals surface area contributed by atoms with Gasteiger partial charge in [-0.1, -0.05) is 41.4 Å². The fourth-order valence-electron chi connectivity index (χ4n) is 2.75. The molecule has 0 bridgehead atoms. The fraction of sp³-hybridized carbons (Fsp3) is 0.222. The Balaban J connectivity index is 1.62. The van der Waals surface area contributed by atoms with Crippen molar-refractivity contribution >= 4 is 40.7 Å². The van der Waals surface area contributed by atoms with Crippen LogP contribution in [0.2, 0.25) is 10.0 Å². The van der Waals surface area contributed by atoms with Gasteiger partial charge < -0.3 is 10.2 Å². The van der Waals surface area contributed by atoms with Crippen LogP contribution in [0.5, 0.6) is 0 Å². The molecule has 0 aliphatic carbocycles.